The average Bonchev–Trinajstić information content (AvgIpc) is 3.31. The Balaban J connectivity index is 1.51. The first-order chi connectivity index (χ1) is 12.4. The molecule has 2 aromatic heterocycles. The molecule has 25 heavy (non-hydrogen) atoms. The van der Waals surface area contributed by atoms with Gasteiger partial charge in [-0.3, -0.25) is 4.68 Å². The van der Waals surface area contributed by atoms with Crippen LogP contribution in [-0.4, -0.2) is 30.9 Å². The van der Waals surface area contributed by atoms with E-state index in [1.807, 2.05) is 59.4 Å². The second-order valence-corrected chi connectivity index (χ2v) is 5.57. The molecule has 0 amide bonds. The van der Waals surface area contributed by atoms with Gasteiger partial charge in [0.2, 0.25) is 0 Å². The van der Waals surface area contributed by atoms with Gasteiger partial charge in [-0.05, 0) is 5.56 Å². The second-order valence-electron chi connectivity index (χ2n) is 5.57. The Bertz CT molecular complexity index is 969. The fourth-order valence-electron chi connectivity index (χ4n) is 2.52. The van der Waals surface area contributed by atoms with Gasteiger partial charge in [0.15, 0.2) is 5.82 Å². The van der Waals surface area contributed by atoms with E-state index in [1.54, 1.807) is 23.4 Å². The first kappa shape index (κ1) is 15.0. The fourth-order valence-corrected chi connectivity index (χ4v) is 2.52. The minimum Gasteiger partial charge on any atom is -0.268 e. The van der Waals surface area contributed by atoms with Crippen LogP contribution in [0.4, 0.5) is 0 Å². The molecule has 0 unspecified atom stereocenters. The van der Waals surface area contributed by atoms with Crippen LogP contribution in [0.2, 0.25) is 0 Å². The van der Waals surface area contributed by atoms with Crippen LogP contribution in [0.1, 0.15) is 11.1 Å². The predicted molar refractivity (Wildman–Crippen MR) is 96.2 cm³/mol. The number of benzene rings is 2. The molecule has 6 heteroatoms. The maximum atomic E-state index is 4.45. The van der Waals surface area contributed by atoms with E-state index in [2.05, 4.69) is 32.5 Å². The molecular formula is C19H16N6. The summed E-state index contributed by atoms with van der Waals surface area (Å²) in [7, 11) is 0. The first-order valence-corrected chi connectivity index (χ1v) is 7.95. The zero-order chi connectivity index (χ0) is 16.9. The van der Waals surface area contributed by atoms with E-state index in [0.29, 0.717) is 5.82 Å². The maximum absolute atomic E-state index is 4.45. The Kier molecular flexibility index (Phi) is 4.16. The molecule has 2 heterocycles. The van der Waals surface area contributed by atoms with Gasteiger partial charge in [-0.15, -0.1) is 10.2 Å². The largest absolute Gasteiger partial charge is 0.268 e. The van der Waals surface area contributed by atoms with Crippen molar-refractivity contribution in [3.63, 3.8) is 0 Å². The Morgan fingerprint density at radius 2 is 1.72 bits per heavy atom. The Morgan fingerprint density at radius 3 is 2.52 bits per heavy atom. The van der Waals surface area contributed by atoms with Crippen molar-refractivity contribution in [1.29, 1.82) is 0 Å². The van der Waals surface area contributed by atoms with Gasteiger partial charge in [-0.1, -0.05) is 60.7 Å². The van der Waals surface area contributed by atoms with Crippen LogP contribution in [0.25, 0.3) is 11.4 Å². The van der Waals surface area contributed by atoms with Gasteiger partial charge in [0.25, 0.3) is 0 Å². The lowest BCUT2D eigenvalue weighted by molar-refractivity contribution is 0.687. The molecule has 0 N–H and O–H groups in total. The third-order valence-electron chi connectivity index (χ3n) is 3.73. The SMILES string of the molecule is C(=N/n1cnnc1-c1ccccc1)/c1cnn(Cc2ccccc2)c1. The third kappa shape index (κ3) is 3.53. The maximum Gasteiger partial charge on any atom is 0.184 e. The smallest absolute Gasteiger partial charge is 0.184 e. The lowest BCUT2D eigenvalue weighted by Gasteiger charge is -2.00. The lowest BCUT2D eigenvalue weighted by atomic mass is 10.2. The Labute approximate surface area is 145 Å². The summed E-state index contributed by atoms with van der Waals surface area (Å²) in [5.74, 6) is 0.702. The van der Waals surface area contributed by atoms with Crippen LogP contribution < -0.4 is 0 Å². The molecule has 0 fully saturated rings. The molecule has 0 saturated heterocycles. The highest BCUT2D eigenvalue weighted by molar-refractivity contribution is 5.78. The van der Waals surface area contributed by atoms with Gasteiger partial charge in [0.1, 0.15) is 6.33 Å². The van der Waals surface area contributed by atoms with Crippen molar-refractivity contribution in [3.8, 4) is 11.4 Å². The van der Waals surface area contributed by atoms with Crippen molar-refractivity contribution in [2.75, 3.05) is 0 Å². The summed E-state index contributed by atoms with van der Waals surface area (Å²) < 4.78 is 3.55. The first-order valence-electron chi connectivity index (χ1n) is 7.95. The van der Waals surface area contributed by atoms with E-state index in [9.17, 15) is 0 Å². The minimum absolute atomic E-state index is 0.702. The summed E-state index contributed by atoms with van der Waals surface area (Å²) in [5, 5.41) is 16.9. The molecule has 0 aliphatic carbocycles. The minimum atomic E-state index is 0.702. The molecule has 0 saturated carbocycles. The van der Waals surface area contributed by atoms with Crippen LogP contribution in [0.3, 0.4) is 0 Å². The van der Waals surface area contributed by atoms with E-state index < -0.39 is 0 Å². The molecule has 2 aromatic carbocycles. The second kappa shape index (κ2) is 6.92. The third-order valence-corrected chi connectivity index (χ3v) is 3.73. The van der Waals surface area contributed by atoms with Crippen LogP contribution in [-0.2, 0) is 6.54 Å². The molecule has 0 radical (unpaired) electrons. The average molecular weight is 328 g/mol. The number of hydrogen-bond acceptors (Lipinski definition) is 4. The van der Waals surface area contributed by atoms with Gasteiger partial charge >= 0.3 is 0 Å². The van der Waals surface area contributed by atoms with Crippen molar-refractivity contribution in [3.05, 3.63) is 90.5 Å². The van der Waals surface area contributed by atoms with E-state index in [-0.39, 0.29) is 0 Å². The summed E-state index contributed by atoms with van der Waals surface area (Å²) in [6.07, 6.45) is 7.10. The van der Waals surface area contributed by atoms with Crippen molar-refractivity contribution in [1.82, 2.24) is 24.7 Å². The number of nitrogens with zero attached hydrogens (tertiary/aromatic N) is 6. The van der Waals surface area contributed by atoms with E-state index >= 15 is 0 Å². The van der Waals surface area contributed by atoms with Crippen LogP contribution in [0.5, 0.6) is 0 Å². The highest BCUT2D eigenvalue weighted by Gasteiger charge is 2.05. The van der Waals surface area contributed by atoms with Gasteiger partial charge < -0.3 is 0 Å². The summed E-state index contributed by atoms with van der Waals surface area (Å²) in [6, 6.07) is 20.1. The summed E-state index contributed by atoms with van der Waals surface area (Å²) in [5.41, 5.74) is 3.10. The zero-order valence-electron chi connectivity index (χ0n) is 13.5. The van der Waals surface area contributed by atoms with Crippen molar-refractivity contribution in [2.24, 2.45) is 5.10 Å². The quantitative estimate of drug-likeness (QED) is 0.529. The standard InChI is InChI=1S/C19H16N6/c1-3-7-16(8-4-1)13-24-14-17(11-21-24)12-22-25-15-20-23-19(25)18-9-5-2-6-10-18/h1-12,14-15H,13H2/b22-12-. The van der Waals surface area contributed by atoms with Crippen LogP contribution in [0, 0.1) is 0 Å². The molecule has 122 valence electrons. The molecule has 4 rings (SSSR count). The predicted octanol–water partition coefficient (Wildman–Crippen LogP) is 3.07. The van der Waals surface area contributed by atoms with Crippen molar-refractivity contribution < 1.29 is 0 Å². The Morgan fingerprint density at radius 1 is 0.960 bits per heavy atom. The summed E-state index contributed by atoms with van der Waals surface area (Å²) in [4.78, 5) is 0. The van der Waals surface area contributed by atoms with Crippen molar-refractivity contribution in [2.45, 2.75) is 6.54 Å². The van der Waals surface area contributed by atoms with Crippen LogP contribution in [0.15, 0.2) is 84.5 Å². The lowest BCUT2D eigenvalue weighted by Crippen LogP contribution is -1.99. The molecular weight excluding hydrogens is 312 g/mol. The Hall–Kier alpha value is -3.54. The molecule has 0 atom stereocenters. The normalized spacial score (nSPS) is 11.2. The number of rotatable bonds is 5. The van der Waals surface area contributed by atoms with Gasteiger partial charge in [-0.25, -0.2) is 0 Å². The molecule has 6 nitrogen and oxygen atoms in total. The molecule has 0 aliphatic heterocycles. The van der Waals surface area contributed by atoms with E-state index in [4.69, 9.17) is 0 Å². The fraction of sp³-hybridized carbons (Fsp3) is 0.0526. The molecule has 4 aromatic rings. The molecule has 0 spiro atoms. The summed E-state index contributed by atoms with van der Waals surface area (Å²) >= 11 is 0. The van der Waals surface area contributed by atoms with E-state index in [0.717, 1.165) is 17.7 Å². The monoisotopic (exact) mass is 328 g/mol. The highest BCUT2D eigenvalue weighted by atomic mass is 15.4. The van der Waals surface area contributed by atoms with Gasteiger partial charge in [0.05, 0.1) is 19.0 Å². The molecule has 0 bridgehead atoms. The number of aromatic nitrogens is 5. The zero-order valence-corrected chi connectivity index (χ0v) is 13.5. The molecule has 0 aliphatic rings. The van der Waals surface area contributed by atoms with Gasteiger partial charge in [-0.2, -0.15) is 14.9 Å². The number of hydrogen-bond donors (Lipinski definition) is 0. The van der Waals surface area contributed by atoms with Gasteiger partial charge in [0, 0.05) is 17.3 Å². The topological polar surface area (TPSA) is 60.9 Å². The summed E-state index contributed by atoms with van der Waals surface area (Å²) in [6.45, 7) is 0.733. The van der Waals surface area contributed by atoms with Crippen molar-refractivity contribution >= 4 is 6.21 Å². The van der Waals surface area contributed by atoms with E-state index in [1.165, 1.54) is 5.56 Å². The highest BCUT2D eigenvalue weighted by Crippen LogP contribution is 2.15. The van der Waals surface area contributed by atoms with Crippen LogP contribution >= 0.6 is 0 Å².